The average Bonchev–Trinajstić information content (AvgIpc) is 3.35. The highest BCUT2D eigenvalue weighted by Gasteiger charge is 2.23. The summed E-state index contributed by atoms with van der Waals surface area (Å²) in [6, 6.07) is 4.67. The lowest BCUT2D eigenvalue weighted by Crippen LogP contribution is -2.46. The lowest BCUT2D eigenvalue weighted by atomic mass is 10.2. The molecule has 2 aromatic rings. The van der Waals surface area contributed by atoms with Crippen molar-refractivity contribution in [3.8, 4) is 0 Å². The molecule has 1 fully saturated rings. The molecular weight excluding hydrogens is 336 g/mol. The van der Waals surface area contributed by atoms with Crippen molar-refractivity contribution in [1.82, 2.24) is 25.1 Å². The Labute approximate surface area is 152 Å². The van der Waals surface area contributed by atoms with Crippen molar-refractivity contribution in [1.29, 1.82) is 0 Å². The van der Waals surface area contributed by atoms with Crippen molar-refractivity contribution in [3.05, 3.63) is 41.1 Å². The van der Waals surface area contributed by atoms with Gasteiger partial charge in [0.1, 0.15) is 0 Å². The largest absolute Gasteiger partial charge is 0.379 e. The Morgan fingerprint density at radius 1 is 1.40 bits per heavy atom. The number of morpholine rings is 1. The Kier molecular flexibility index (Phi) is 6.84. The SMILES string of the molecule is CN=C(NCCn1ccnc1)NCC(c1cccs1)N1CCOCC1. The molecule has 1 atom stereocenters. The molecule has 1 aliphatic rings. The molecule has 3 heterocycles. The zero-order valence-electron chi connectivity index (χ0n) is 14.6. The Balaban J connectivity index is 1.51. The van der Waals surface area contributed by atoms with E-state index in [9.17, 15) is 0 Å². The van der Waals surface area contributed by atoms with E-state index in [0.717, 1.165) is 51.9 Å². The van der Waals surface area contributed by atoms with Crippen molar-refractivity contribution in [2.75, 3.05) is 46.4 Å². The van der Waals surface area contributed by atoms with Gasteiger partial charge in [-0.2, -0.15) is 0 Å². The highest BCUT2D eigenvalue weighted by molar-refractivity contribution is 7.10. The zero-order chi connectivity index (χ0) is 17.3. The van der Waals surface area contributed by atoms with Gasteiger partial charge in [0.05, 0.1) is 25.6 Å². The number of nitrogens with zero attached hydrogens (tertiary/aromatic N) is 4. The molecule has 1 unspecified atom stereocenters. The van der Waals surface area contributed by atoms with Crippen molar-refractivity contribution in [2.45, 2.75) is 12.6 Å². The first kappa shape index (κ1) is 17.9. The van der Waals surface area contributed by atoms with E-state index in [-0.39, 0.29) is 0 Å². The number of rotatable bonds is 7. The van der Waals surface area contributed by atoms with Crippen LogP contribution < -0.4 is 10.6 Å². The van der Waals surface area contributed by atoms with Crippen LogP contribution in [0, 0.1) is 0 Å². The molecule has 2 N–H and O–H groups in total. The van der Waals surface area contributed by atoms with Gasteiger partial charge < -0.3 is 19.9 Å². The van der Waals surface area contributed by atoms with Crippen molar-refractivity contribution in [2.24, 2.45) is 4.99 Å². The van der Waals surface area contributed by atoms with Crippen molar-refractivity contribution >= 4 is 17.3 Å². The first-order valence-electron chi connectivity index (χ1n) is 8.62. The third kappa shape index (κ3) is 5.29. The van der Waals surface area contributed by atoms with Crippen molar-refractivity contribution < 1.29 is 4.74 Å². The zero-order valence-corrected chi connectivity index (χ0v) is 15.4. The first-order chi connectivity index (χ1) is 12.4. The summed E-state index contributed by atoms with van der Waals surface area (Å²) in [6.45, 7) is 6.04. The molecule has 0 aliphatic carbocycles. The van der Waals surface area contributed by atoms with Gasteiger partial charge in [-0.25, -0.2) is 4.98 Å². The quantitative estimate of drug-likeness (QED) is 0.572. The van der Waals surface area contributed by atoms with Crippen LogP contribution in [0.4, 0.5) is 0 Å². The van der Waals surface area contributed by atoms with E-state index in [0.29, 0.717) is 6.04 Å². The summed E-state index contributed by atoms with van der Waals surface area (Å²) < 4.78 is 7.54. The Bertz CT molecular complexity index is 622. The maximum Gasteiger partial charge on any atom is 0.191 e. The lowest BCUT2D eigenvalue weighted by molar-refractivity contribution is 0.0177. The molecule has 7 nitrogen and oxygen atoms in total. The van der Waals surface area contributed by atoms with Crippen LogP contribution in [0.2, 0.25) is 0 Å². The summed E-state index contributed by atoms with van der Waals surface area (Å²) in [5, 5.41) is 8.97. The molecule has 0 bridgehead atoms. The third-order valence-corrected chi connectivity index (χ3v) is 5.24. The second-order valence-electron chi connectivity index (χ2n) is 5.86. The van der Waals surface area contributed by atoms with Crippen LogP contribution in [0.1, 0.15) is 10.9 Å². The van der Waals surface area contributed by atoms with Gasteiger partial charge in [-0.1, -0.05) is 6.07 Å². The van der Waals surface area contributed by atoms with E-state index in [2.05, 4.69) is 43.0 Å². The molecule has 3 rings (SSSR count). The molecule has 136 valence electrons. The number of hydrogen-bond donors (Lipinski definition) is 2. The number of thiophene rings is 1. The smallest absolute Gasteiger partial charge is 0.191 e. The van der Waals surface area contributed by atoms with Crippen LogP contribution in [0.25, 0.3) is 0 Å². The van der Waals surface area contributed by atoms with Crippen LogP contribution in [0.15, 0.2) is 41.2 Å². The van der Waals surface area contributed by atoms with Crippen LogP contribution >= 0.6 is 11.3 Å². The van der Waals surface area contributed by atoms with E-state index < -0.39 is 0 Å². The molecule has 0 aromatic carbocycles. The van der Waals surface area contributed by atoms with Crippen LogP contribution in [0.3, 0.4) is 0 Å². The van der Waals surface area contributed by atoms with Gasteiger partial charge >= 0.3 is 0 Å². The second-order valence-corrected chi connectivity index (χ2v) is 6.84. The Morgan fingerprint density at radius 2 is 2.28 bits per heavy atom. The third-order valence-electron chi connectivity index (χ3n) is 4.27. The summed E-state index contributed by atoms with van der Waals surface area (Å²) in [4.78, 5) is 12.3. The molecule has 8 heteroatoms. The van der Waals surface area contributed by atoms with Gasteiger partial charge in [0.15, 0.2) is 5.96 Å². The average molecular weight is 363 g/mol. The Hall–Kier alpha value is -1.90. The molecule has 0 radical (unpaired) electrons. The van der Waals surface area contributed by atoms with Gasteiger partial charge in [0.2, 0.25) is 0 Å². The van der Waals surface area contributed by atoms with Crippen LogP contribution in [0.5, 0.6) is 0 Å². The molecule has 0 saturated carbocycles. The second kappa shape index (κ2) is 9.55. The first-order valence-corrected chi connectivity index (χ1v) is 9.50. The minimum absolute atomic E-state index is 0.344. The fourth-order valence-electron chi connectivity index (χ4n) is 2.92. The van der Waals surface area contributed by atoms with E-state index in [4.69, 9.17) is 4.74 Å². The van der Waals surface area contributed by atoms with Gasteiger partial charge in [-0.3, -0.25) is 9.89 Å². The monoisotopic (exact) mass is 362 g/mol. The molecule has 0 amide bonds. The van der Waals surface area contributed by atoms with Gasteiger partial charge in [0.25, 0.3) is 0 Å². The van der Waals surface area contributed by atoms with Crippen LogP contribution in [-0.2, 0) is 11.3 Å². The van der Waals surface area contributed by atoms with E-state index in [1.165, 1.54) is 4.88 Å². The minimum atomic E-state index is 0.344. The van der Waals surface area contributed by atoms with E-state index >= 15 is 0 Å². The van der Waals surface area contributed by atoms with Gasteiger partial charge in [-0.05, 0) is 11.4 Å². The predicted octanol–water partition coefficient (Wildman–Crippen LogP) is 1.18. The highest BCUT2D eigenvalue weighted by Crippen LogP contribution is 2.25. The van der Waals surface area contributed by atoms with Crippen LogP contribution in [-0.4, -0.2) is 66.9 Å². The Morgan fingerprint density at radius 3 is 2.96 bits per heavy atom. The molecule has 2 aromatic heterocycles. The van der Waals surface area contributed by atoms with E-state index in [1.807, 2.05) is 28.4 Å². The number of aliphatic imine (C=N–C) groups is 1. The summed E-state index contributed by atoms with van der Waals surface area (Å²) in [7, 11) is 1.81. The standard InChI is InChI=1S/C17H26N6OS/c1-18-17(20-5-7-22-6-4-19-14-22)21-13-15(16-3-2-12-25-16)23-8-10-24-11-9-23/h2-4,6,12,14-15H,5,7-11,13H2,1H3,(H2,18,20,21). The number of aromatic nitrogens is 2. The fraction of sp³-hybridized carbons (Fsp3) is 0.529. The molecule has 0 spiro atoms. The molecule has 25 heavy (non-hydrogen) atoms. The highest BCUT2D eigenvalue weighted by atomic mass is 32.1. The van der Waals surface area contributed by atoms with Gasteiger partial charge in [-0.15, -0.1) is 11.3 Å². The van der Waals surface area contributed by atoms with Crippen molar-refractivity contribution in [3.63, 3.8) is 0 Å². The molecule has 1 saturated heterocycles. The summed E-state index contributed by atoms with van der Waals surface area (Å²) in [6.07, 6.45) is 5.58. The summed E-state index contributed by atoms with van der Waals surface area (Å²) in [5.74, 6) is 0.829. The number of guanidine groups is 1. The topological polar surface area (TPSA) is 66.7 Å². The fourth-order valence-corrected chi connectivity index (χ4v) is 3.78. The number of nitrogens with one attached hydrogen (secondary N) is 2. The van der Waals surface area contributed by atoms with E-state index in [1.54, 1.807) is 13.2 Å². The maximum absolute atomic E-state index is 5.50. The normalized spacial score (nSPS) is 17.4. The number of hydrogen-bond acceptors (Lipinski definition) is 5. The predicted molar refractivity (Wildman–Crippen MR) is 101 cm³/mol. The minimum Gasteiger partial charge on any atom is -0.379 e. The van der Waals surface area contributed by atoms with Gasteiger partial charge in [0, 0.05) is 57.0 Å². The number of imidazole rings is 1. The maximum atomic E-state index is 5.50. The summed E-state index contributed by atoms with van der Waals surface area (Å²) in [5.41, 5.74) is 0. The molecular formula is C17H26N6OS. The molecule has 1 aliphatic heterocycles. The summed E-state index contributed by atoms with van der Waals surface area (Å²) >= 11 is 1.81. The number of ether oxygens (including phenoxy) is 1. The lowest BCUT2D eigenvalue weighted by Gasteiger charge is -2.34.